The van der Waals surface area contributed by atoms with Gasteiger partial charge in [-0.15, -0.1) is 0 Å². The van der Waals surface area contributed by atoms with E-state index >= 15 is 0 Å². The van der Waals surface area contributed by atoms with Crippen molar-refractivity contribution in [3.63, 3.8) is 0 Å². The minimum absolute atomic E-state index is 0.272. The summed E-state index contributed by atoms with van der Waals surface area (Å²) in [7, 11) is 1.89. The number of hydrogen-bond donors (Lipinski definition) is 1. The van der Waals surface area contributed by atoms with E-state index in [0.29, 0.717) is 6.54 Å². The molecule has 6 nitrogen and oxygen atoms in total. The molecule has 0 spiro atoms. The number of morpholine rings is 1. The summed E-state index contributed by atoms with van der Waals surface area (Å²) < 4.78 is 12.9. The molecule has 6 heteroatoms. The van der Waals surface area contributed by atoms with Gasteiger partial charge < -0.3 is 14.6 Å². The Bertz CT molecular complexity index is 623. The van der Waals surface area contributed by atoms with Gasteiger partial charge in [0.05, 0.1) is 19.4 Å². The SMILES string of the molecule is Cn1cc(-c2ccccc2OC[C@H](O)CN2CCOCC2)cn1. The van der Waals surface area contributed by atoms with Crippen molar-refractivity contribution in [1.82, 2.24) is 14.7 Å². The van der Waals surface area contributed by atoms with Gasteiger partial charge in [-0.25, -0.2) is 0 Å². The van der Waals surface area contributed by atoms with Crippen LogP contribution >= 0.6 is 0 Å². The van der Waals surface area contributed by atoms with Gasteiger partial charge in [0.25, 0.3) is 0 Å². The summed E-state index contributed by atoms with van der Waals surface area (Å²) in [6.45, 7) is 4.08. The Labute approximate surface area is 136 Å². The Morgan fingerprint density at radius 3 is 2.83 bits per heavy atom. The summed E-state index contributed by atoms with van der Waals surface area (Å²) >= 11 is 0. The molecule has 1 aromatic carbocycles. The van der Waals surface area contributed by atoms with Gasteiger partial charge in [0.2, 0.25) is 0 Å². The van der Waals surface area contributed by atoms with Crippen LogP contribution in [-0.2, 0) is 11.8 Å². The zero-order valence-electron chi connectivity index (χ0n) is 13.4. The number of nitrogens with zero attached hydrogens (tertiary/aromatic N) is 3. The number of hydrogen-bond acceptors (Lipinski definition) is 5. The fourth-order valence-corrected chi connectivity index (χ4v) is 2.71. The van der Waals surface area contributed by atoms with Crippen molar-refractivity contribution in [3.8, 4) is 16.9 Å². The van der Waals surface area contributed by atoms with Crippen molar-refractivity contribution in [2.45, 2.75) is 6.10 Å². The highest BCUT2D eigenvalue weighted by molar-refractivity contribution is 5.69. The molecule has 124 valence electrons. The maximum atomic E-state index is 10.2. The van der Waals surface area contributed by atoms with Crippen molar-refractivity contribution < 1.29 is 14.6 Å². The lowest BCUT2D eigenvalue weighted by molar-refractivity contribution is 0.00471. The third-order valence-corrected chi connectivity index (χ3v) is 3.91. The Morgan fingerprint density at radius 1 is 1.30 bits per heavy atom. The van der Waals surface area contributed by atoms with Crippen LogP contribution in [0, 0.1) is 0 Å². The molecule has 0 aliphatic carbocycles. The third kappa shape index (κ3) is 4.31. The van der Waals surface area contributed by atoms with Gasteiger partial charge in [-0.1, -0.05) is 18.2 Å². The zero-order chi connectivity index (χ0) is 16.1. The normalized spacial score (nSPS) is 17.1. The summed E-state index contributed by atoms with van der Waals surface area (Å²) in [6, 6.07) is 7.83. The molecule has 1 aromatic heterocycles. The molecule has 23 heavy (non-hydrogen) atoms. The molecule has 1 aliphatic rings. The number of β-amino-alcohol motifs (C(OH)–C–C–N with tert-alkyl or cyclic N) is 1. The minimum Gasteiger partial charge on any atom is -0.490 e. The van der Waals surface area contributed by atoms with E-state index in [1.807, 2.05) is 43.7 Å². The van der Waals surface area contributed by atoms with Crippen LogP contribution < -0.4 is 4.74 Å². The van der Waals surface area contributed by atoms with Crippen molar-refractivity contribution >= 4 is 0 Å². The van der Waals surface area contributed by atoms with Gasteiger partial charge >= 0.3 is 0 Å². The first-order valence-corrected chi connectivity index (χ1v) is 7.91. The van der Waals surface area contributed by atoms with Gasteiger partial charge in [0.15, 0.2) is 0 Å². The first-order chi connectivity index (χ1) is 11.2. The minimum atomic E-state index is -0.518. The van der Waals surface area contributed by atoms with E-state index < -0.39 is 6.10 Å². The van der Waals surface area contributed by atoms with Gasteiger partial charge in [0.1, 0.15) is 18.5 Å². The van der Waals surface area contributed by atoms with Crippen LogP contribution in [0.3, 0.4) is 0 Å². The highest BCUT2D eigenvalue weighted by Crippen LogP contribution is 2.29. The summed E-state index contributed by atoms with van der Waals surface area (Å²) in [5.41, 5.74) is 1.99. The van der Waals surface area contributed by atoms with E-state index in [0.717, 1.165) is 43.2 Å². The summed E-state index contributed by atoms with van der Waals surface area (Å²) in [6.07, 6.45) is 3.24. The second-order valence-electron chi connectivity index (χ2n) is 5.78. The molecular weight excluding hydrogens is 294 g/mol. The van der Waals surface area contributed by atoms with Gasteiger partial charge in [-0.05, 0) is 6.07 Å². The first-order valence-electron chi connectivity index (χ1n) is 7.91. The largest absolute Gasteiger partial charge is 0.490 e. The summed E-state index contributed by atoms with van der Waals surface area (Å²) in [5.74, 6) is 0.765. The molecule has 1 atom stereocenters. The average molecular weight is 317 g/mol. The molecule has 3 rings (SSSR count). The maximum absolute atomic E-state index is 10.2. The number of aromatic nitrogens is 2. The van der Waals surface area contributed by atoms with E-state index in [4.69, 9.17) is 9.47 Å². The van der Waals surface area contributed by atoms with Crippen molar-refractivity contribution in [3.05, 3.63) is 36.7 Å². The highest BCUT2D eigenvalue weighted by atomic mass is 16.5. The smallest absolute Gasteiger partial charge is 0.127 e. The summed E-state index contributed by atoms with van der Waals surface area (Å²) in [5, 5.41) is 14.4. The van der Waals surface area contributed by atoms with Crippen molar-refractivity contribution in [2.75, 3.05) is 39.5 Å². The first kappa shape index (κ1) is 16.0. The Kier molecular flexibility index (Phi) is 5.27. The lowest BCUT2D eigenvalue weighted by Gasteiger charge is -2.28. The van der Waals surface area contributed by atoms with Crippen LogP contribution in [-0.4, -0.2) is 65.3 Å². The predicted octanol–water partition coefficient (Wildman–Crippen LogP) is 1.16. The summed E-state index contributed by atoms with van der Waals surface area (Å²) in [4.78, 5) is 2.20. The van der Waals surface area contributed by atoms with E-state index in [-0.39, 0.29) is 6.61 Å². The molecule has 0 radical (unpaired) electrons. The van der Waals surface area contributed by atoms with Crippen LogP contribution in [0.5, 0.6) is 5.75 Å². The maximum Gasteiger partial charge on any atom is 0.127 e. The molecule has 0 unspecified atom stereocenters. The molecule has 0 bridgehead atoms. The Balaban J connectivity index is 1.59. The number of aryl methyl sites for hydroxylation is 1. The fourth-order valence-electron chi connectivity index (χ4n) is 2.71. The lowest BCUT2D eigenvalue weighted by atomic mass is 10.1. The number of ether oxygens (including phenoxy) is 2. The molecule has 2 aromatic rings. The average Bonchev–Trinajstić information content (AvgIpc) is 3.00. The molecule has 2 heterocycles. The number of aliphatic hydroxyl groups is 1. The zero-order valence-corrected chi connectivity index (χ0v) is 13.4. The Morgan fingerprint density at radius 2 is 2.09 bits per heavy atom. The van der Waals surface area contributed by atoms with Crippen LogP contribution in [0.15, 0.2) is 36.7 Å². The molecule has 0 amide bonds. The van der Waals surface area contributed by atoms with E-state index in [9.17, 15) is 5.11 Å². The monoisotopic (exact) mass is 317 g/mol. The predicted molar refractivity (Wildman–Crippen MR) is 87.4 cm³/mol. The second kappa shape index (κ2) is 7.59. The van der Waals surface area contributed by atoms with Crippen LogP contribution in [0.1, 0.15) is 0 Å². The van der Waals surface area contributed by atoms with E-state index in [2.05, 4.69) is 10.00 Å². The molecule has 1 saturated heterocycles. The van der Waals surface area contributed by atoms with Crippen LogP contribution in [0.25, 0.3) is 11.1 Å². The fraction of sp³-hybridized carbons (Fsp3) is 0.471. The number of benzene rings is 1. The van der Waals surface area contributed by atoms with Gasteiger partial charge in [0, 0.05) is 44.0 Å². The Hall–Kier alpha value is -1.89. The van der Waals surface area contributed by atoms with Crippen LogP contribution in [0.2, 0.25) is 0 Å². The van der Waals surface area contributed by atoms with Crippen molar-refractivity contribution in [1.29, 1.82) is 0 Å². The van der Waals surface area contributed by atoms with E-state index in [1.165, 1.54) is 0 Å². The standard InChI is InChI=1S/C17H23N3O3/c1-19-11-14(10-18-19)16-4-2-3-5-17(16)23-13-15(21)12-20-6-8-22-9-7-20/h2-5,10-11,15,21H,6-9,12-13H2,1H3/t15-/m1/s1. The second-order valence-corrected chi connectivity index (χ2v) is 5.78. The van der Waals surface area contributed by atoms with Gasteiger partial charge in [-0.3, -0.25) is 9.58 Å². The third-order valence-electron chi connectivity index (χ3n) is 3.91. The quantitative estimate of drug-likeness (QED) is 0.866. The molecule has 1 fully saturated rings. The lowest BCUT2D eigenvalue weighted by Crippen LogP contribution is -2.42. The van der Waals surface area contributed by atoms with Gasteiger partial charge in [-0.2, -0.15) is 5.10 Å². The molecular formula is C17H23N3O3. The number of para-hydroxylation sites is 1. The number of aliphatic hydroxyl groups excluding tert-OH is 1. The molecule has 1 N–H and O–H groups in total. The van der Waals surface area contributed by atoms with Crippen molar-refractivity contribution in [2.24, 2.45) is 7.05 Å². The number of rotatable bonds is 6. The van der Waals surface area contributed by atoms with Crippen LogP contribution in [0.4, 0.5) is 0 Å². The van der Waals surface area contributed by atoms with E-state index in [1.54, 1.807) is 4.68 Å². The topological polar surface area (TPSA) is 59.8 Å². The molecule has 0 saturated carbocycles. The highest BCUT2D eigenvalue weighted by Gasteiger charge is 2.16. The molecule has 1 aliphatic heterocycles.